The Morgan fingerprint density at radius 2 is 1.86 bits per heavy atom. The van der Waals surface area contributed by atoms with Crippen molar-refractivity contribution in [3.8, 4) is 11.5 Å². The second-order valence-electron chi connectivity index (χ2n) is 7.32. The number of ether oxygens (including phenoxy) is 2. The molecule has 0 aromatic heterocycles. The Hall–Kier alpha value is -2.53. The summed E-state index contributed by atoms with van der Waals surface area (Å²) in [5.41, 5.74) is 2.39. The molecule has 0 radical (unpaired) electrons. The maximum Gasteiger partial charge on any atom is 0.220 e. The first-order valence-corrected chi connectivity index (χ1v) is 9.94. The van der Waals surface area contributed by atoms with Crippen molar-refractivity contribution in [1.82, 2.24) is 10.2 Å². The molecule has 2 aromatic rings. The summed E-state index contributed by atoms with van der Waals surface area (Å²) in [5.74, 6) is 1.52. The highest BCUT2D eigenvalue weighted by Gasteiger charge is 2.21. The fourth-order valence-electron chi connectivity index (χ4n) is 3.75. The molecule has 1 aliphatic rings. The summed E-state index contributed by atoms with van der Waals surface area (Å²) in [6.07, 6.45) is 3.33. The standard InChI is InChI=1S/C23H30N2O3/c1-27-21-12-10-18(15-22(21)28-2)11-13-23(26)24-20-9-6-14-25(17-20)16-19-7-4-3-5-8-19/h3-5,7-8,10,12,15,20H,6,9,11,13-14,16-17H2,1-2H3,(H,24,26). The van der Waals surface area contributed by atoms with Gasteiger partial charge in [-0.3, -0.25) is 9.69 Å². The predicted molar refractivity (Wildman–Crippen MR) is 111 cm³/mol. The molecule has 3 rings (SSSR count). The van der Waals surface area contributed by atoms with Gasteiger partial charge in [-0.15, -0.1) is 0 Å². The molecule has 1 amide bonds. The number of benzene rings is 2. The Kier molecular flexibility index (Phi) is 7.31. The number of likely N-dealkylation sites (tertiary alicyclic amines) is 1. The van der Waals surface area contributed by atoms with E-state index in [1.807, 2.05) is 24.3 Å². The number of nitrogens with one attached hydrogen (secondary N) is 1. The number of hydrogen-bond donors (Lipinski definition) is 1. The molecule has 150 valence electrons. The van der Waals surface area contributed by atoms with Crippen LogP contribution in [0.4, 0.5) is 0 Å². The first kappa shape index (κ1) is 20.2. The van der Waals surface area contributed by atoms with E-state index in [2.05, 4.69) is 34.5 Å². The summed E-state index contributed by atoms with van der Waals surface area (Å²) in [6, 6.07) is 16.5. The summed E-state index contributed by atoms with van der Waals surface area (Å²) in [7, 11) is 3.24. The second kappa shape index (κ2) is 10.1. The highest BCUT2D eigenvalue weighted by atomic mass is 16.5. The van der Waals surface area contributed by atoms with Gasteiger partial charge in [-0.05, 0) is 49.1 Å². The van der Waals surface area contributed by atoms with Gasteiger partial charge in [-0.1, -0.05) is 36.4 Å². The highest BCUT2D eigenvalue weighted by molar-refractivity contribution is 5.76. The second-order valence-corrected chi connectivity index (χ2v) is 7.32. The first-order valence-electron chi connectivity index (χ1n) is 9.94. The molecule has 0 bridgehead atoms. The van der Waals surface area contributed by atoms with E-state index < -0.39 is 0 Å². The molecular formula is C23H30N2O3. The third kappa shape index (κ3) is 5.73. The number of aryl methyl sites for hydroxylation is 1. The van der Waals surface area contributed by atoms with E-state index in [0.717, 1.165) is 38.0 Å². The summed E-state index contributed by atoms with van der Waals surface area (Å²) in [4.78, 5) is 14.9. The average Bonchev–Trinajstić information content (AvgIpc) is 2.73. The lowest BCUT2D eigenvalue weighted by Gasteiger charge is -2.33. The minimum Gasteiger partial charge on any atom is -0.493 e. The number of carbonyl (C=O) groups excluding carboxylic acids is 1. The molecule has 5 nitrogen and oxygen atoms in total. The van der Waals surface area contributed by atoms with Gasteiger partial charge in [-0.2, -0.15) is 0 Å². The topological polar surface area (TPSA) is 50.8 Å². The first-order chi connectivity index (χ1) is 13.7. The molecule has 1 unspecified atom stereocenters. The molecule has 1 aliphatic heterocycles. The summed E-state index contributed by atoms with van der Waals surface area (Å²) in [5, 5.41) is 3.22. The average molecular weight is 383 g/mol. The van der Waals surface area contributed by atoms with E-state index >= 15 is 0 Å². The number of nitrogens with zero attached hydrogens (tertiary/aromatic N) is 1. The Labute approximate surface area is 167 Å². The van der Waals surface area contributed by atoms with Crippen molar-refractivity contribution in [1.29, 1.82) is 0 Å². The number of piperidine rings is 1. The Morgan fingerprint density at radius 3 is 2.61 bits per heavy atom. The molecule has 0 spiro atoms. The molecule has 1 saturated heterocycles. The lowest BCUT2D eigenvalue weighted by Crippen LogP contribution is -2.47. The predicted octanol–water partition coefficient (Wildman–Crippen LogP) is 3.42. The van der Waals surface area contributed by atoms with Crippen LogP contribution in [0.5, 0.6) is 11.5 Å². The van der Waals surface area contributed by atoms with Crippen LogP contribution < -0.4 is 14.8 Å². The molecular weight excluding hydrogens is 352 g/mol. The number of carbonyl (C=O) groups is 1. The number of methoxy groups -OCH3 is 2. The maximum absolute atomic E-state index is 12.4. The zero-order chi connectivity index (χ0) is 19.8. The molecule has 1 fully saturated rings. The van der Waals surface area contributed by atoms with Gasteiger partial charge in [0, 0.05) is 25.6 Å². The van der Waals surface area contributed by atoms with Crippen LogP contribution in [0, 0.1) is 0 Å². The van der Waals surface area contributed by atoms with Gasteiger partial charge in [0.25, 0.3) is 0 Å². The zero-order valence-corrected chi connectivity index (χ0v) is 16.8. The molecule has 0 saturated carbocycles. The van der Waals surface area contributed by atoms with Crippen LogP contribution in [0.1, 0.15) is 30.4 Å². The van der Waals surface area contributed by atoms with Crippen molar-refractivity contribution >= 4 is 5.91 Å². The Balaban J connectivity index is 1.46. The van der Waals surface area contributed by atoms with Crippen molar-refractivity contribution < 1.29 is 14.3 Å². The van der Waals surface area contributed by atoms with Gasteiger partial charge in [0.2, 0.25) is 5.91 Å². The lowest BCUT2D eigenvalue weighted by molar-refractivity contribution is -0.122. The third-order valence-electron chi connectivity index (χ3n) is 5.21. The van der Waals surface area contributed by atoms with Crippen molar-refractivity contribution in [3.63, 3.8) is 0 Å². The molecule has 0 aliphatic carbocycles. The fraction of sp³-hybridized carbons (Fsp3) is 0.435. The smallest absolute Gasteiger partial charge is 0.220 e. The van der Waals surface area contributed by atoms with Gasteiger partial charge in [0.05, 0.1) is 14.2 Å². The molecule has 28 heavy (non-hydrogen) atoms. The van der Waals surface area contributed by atoms with Crippen molar-refractivity contribution in [2.24, 2.45) is 0 Å². The van der Waals surface area contributed by atoms with E-state index in [0.29, 0.717) is 24.3 Å². The molecule has 2 aromatic carbocycles. The van der Waals surface area contributed by atoms with Crippen LogP contribution in [0.2, 0.25) is 0 Å². The van der Waals surface area contributed by atoms with Gasteiger partial charge < -0.3 is 14.8 Å². The Morgan fingerprint density at radius 1 is 1.07 bits per heavy atom. The lowest BCUT2D eigenvalue weighted by atomic mass is 10.0. The van der Waals surface area contributed by atoms with Crippen molar-refractivity contribution in [2.45, 2.75) is 38.3 Å². The summed E-state index contributed by atoms with van der Waals surface area (Å²) < 4.78 is 10.6. The fourth-order valence-corrected chi connectivity index (χ4v) is 3.75. The van der Waals surface area contributed by atoms with E-state index in [4.69, 9.17) is 9.47 Å². The molecule has 5 heteroatoms. The van der Waals surface area contributed by atoms with Crippen LogP contribution in [0.25, 0.3) is 0 Å². The minimum atomic E-state index is 0.112. The van der Waals surface area contributed by atoms with Gasteiger partial charge in [0.1, 0.15) is 0 Å². The number of amides is 1. The summed E-state index contributed by atoms with van der Waals surface area (Å²) >= 11 is 0. The van der Waals surface area contributed by atoms with Gasteiger partial charge >= 0.3 is 0 Å². The van der Waals surface area contributed by atoms with Crippen LogP contribution in [-0.4, -0.2) is 44.2 Å². The minimum absolute atomic E-state index is 0.112. The normalized spacial score (nSPS) is 17.1. The van der Waals surface area contributed by atoms with Crippen LogP contribution in [-0.2, 0) is 17.8 Å². The zero-order valence-electron chi connectivity index (χ0n) is 16.8. The molecule has 1 atom stereocenters. The van der Waals surface area contributed by atoms with E-state index in [9.17, 15) is 4.79 Å². The molecule has 1 heterocycles. The number of rotatable bonds is 8. The maximum atomic E-state index is 12.4. The van der Waals surface area contributed by atoms with Crippen LogP contribution in [0.3, 0.4) is 0 Å². The Bertz CT molecular complexity index is 764. The van der Waals surface area contributed by atoms with Crippen molar-refractivity contribution in [2.75, 3.05) is 27.3 Å². The van der Waals surface area contributed by atoms with Crippen LogP contribution in [0.15, 0.2) is 48.5 Å². The van der Waals surface area contributed by atoms with E-state index in [-0.39, 0.29) is 11.9 Å². The largest absolute Gasteiger partial charge is 0.493 e. The van der Waals surface area contributed by atoms with Gasteiger partial charge in [0.15, 0.2) is 11.5 Å². The summed E-state index contributed by atoms with van der Waals surface area (Å²) in [6.45, 7) is 2.95. The van der Waals surface area contributed by atoms with E-state index in [1.54, 1.807) is 14.2 Å². The van der Waals surface area contributed by atoms with E-state index in [1.165, 1.54) is 5.56 Å². The SMILES string of the molecule is COc1ccc(CCC(=O)NC2CCCN(Cc3ccccc3)C2)cc1OC. The van der Waals surface area contributed by atoms with Crippen LogP contribution >= 0.6 is 0 Å². The third-order valence-corrected chi connectivity index (χ3v) is 5.21. The van der Waals surface area contributed by atoms with Crippen molar-refractivity contribution in [3.05, 3.63) is 59.7 Å². The number of hydrogen-bond acceptors (Lipinski definition) is 4. The monoisotopic (exact) mass is 382 g/mol. The van der Waals surface area contributed by atoms with Gasteiger partial charge in [-0.25, -0.2) is 0 Å². The quantitative estimate of drug-likeness (QED) is 0.760. The molecule has 1 N–H and O–H groups in total. The highest BCUT2D eigenvalue weighted by Crippen LogP contribution is 2.28.